The third-order valence-corrected chi connectivity index (χ3v) is 4.23. The molecule has 0 aliphatic heterocycles. The Labute approximate surface area is 145 Å². The van der Waals surface area contributed by atoms with E-state index in [1.807, 2.05) is 60.7 Å². The van der Waals surface area contributed by atoms with Crippen molar-refractivity contribution in [1.82, 2.24) is 4.98 Å². The number of rotatable bonds is 4. The number of pyridine rings is 1. The van der Waals surface area contributed by atoms with Gasteiger partial charge in [0.1, 0.15) is 5.75 Å². The maximum absolute atomic E-state index is 13.0. The fraction of sp³-hybridized carbons (Fsp3) is 0.0476. The van der Waals surface area contributed by atoms with Gasteiger partial charge in [0.05, 0.1) is 30.3 Å². The minimum absolute atomic E-state index is 0.0205. The summed E-state index contributed by atoms with van der Waals surface area (Å²) in [6.45, 7) is 0. The number of hydrogen-bond donors (Lipinski definition) is 1. The van der Waals surface area contributed by atoms with Crippen molar-refractivity contribution in [1.29, 1.82) is 0 Å². The van der Waals surface area contributed by atoms with Gasteiger partial charge in [-0.25, -0.2) is 0 Å². The first-order valence-corrected chi connectivity index (χ1v) is 7.98. The summed E-state index contributed by atoms with van der Waals surface area (Å²) in [5, 5.41) is 3.37. The topological polar surface area (TPSA) is 51.2 Å². The Balaban J connectivity index is 1.86. The molecule has 1 aliphatic carbocycles. The van der Waals surface area contributed by atoms with Gasteiger partial charge in [-0.2, -0.15) is 0 Å². The molecule has 1 aromatic heterocycles. The number of hydrogen-bond acceptors (Lipinski definition) is 4. The minimum atomic E-state index is 0.0205. The van der Waals surface area contributed by atoms with Gasteiger partial charge in [-0.1, -0.05) is 36.4 Å². The van der Waals surface area contributed by atoms with E-state index in [1.165, 1.54) is 0 Å². The minimum Gasteiger partial charge on any atom is -0.497 e. The van der Waals surface area contributed by atoms with Crippen LogP contribution < -0.4 is 10.1 Å². The highest BCUT2D eigenvalue weighted by molar-refractivity contribution is 6.40. The summed E-state index contributed by atoms with van der Waals surface area (Å²) in [5.74, 6) is 0.779. The van der Waals surface area contributed by atoms with Crippen LogP contribution in [0.4, 0.5) is 5.69 Å². The lowest BCUT2D eigenvalue weighted by atomic mass is 10.0. The molecule has 3 aromatic rings. The lowest BCUT2D eigenvalue weighted by molar-refractivity contribution is 0.105. The summed E-state index contributed by atoms with van der Waals surface area (Å²) in [4.78, 5) is 17.1. The zero-order valence-corrected chi connectivity index (χ0v) is 13.7. The maximum atomic E-state index is 13.0. The Morgan fingerprint density at radius 3 is 2.36 bits per heavy atom. The maximum Gasteiger partial charge on any atom is 0.196 e. The highest BCUT2D eigenvalue weighted by Crippen LogP contribution is 2.38. The number of carbonyl (C=O) groups is 1. The Kier molecular flexibility index (Phi) is 3.78. The second-order valence-electron chi connectivity index (χ2n) is 5.72. The quantitative estimate of drug-likeness (QED) is 0.777. The first-order valence-electron chi connectivity index (χ1n) is 7.98. The second kappa shape index (κ2) is 6.24. The fourth-order valence-corrected chi connectivity index (χ4v) is 3.03. The standard InChI is InChI=1S/C21H16N2O2/c1-25-16-10-8-14(9-11-16)19-20(23-15-5-4-12-22-13-15)17-6-2-3-7-18(17)21(19)24/h2-13,23H,1H3. The lowest BCUT2D eigenvalue weighted by Crippen LogP contribution is -2.01. The third kappa shape index (κ3) is 2.68. The smallest absolute Gasteiger partial charge is 0.196 e. The van der Waals surface area contributed by atoms with E-state index < -0.39 is 0 Å². The normalized spacial score (nSPS) is 12.9. The molecule has 0 bridgehead atoms. The van der Waals surface area contributed by atoms with Gasteiger partial charge in [0.25, 0.3) is 0 Å². The van der Waals surface area contributed by atoms with Gasteiger partial charge in [-0.05, 0) is 29.8 Å². The largest absolute Gasteiger partial charge is 0.497 e. The van der Waals surface area contributed by atoms with E-state index in [9.17, 15) is 4.79 Å². The van der Waals surface area contributed by atoms with Gasteiger partial charge in [-0.15, -0.1) is 0 Å². The molecule has 2 aromatic carbocycles. The van der Waals surface area contributed by atoms with E-state index in [2.05, 4.69) is 10.3 Å². The Bertz CT molecular complexity index is 961. The summed E-state index contributed by atoms with van der Waals surface area (Å²) in [6.07, 6.45) is 3.46. The van der Waals surface area contributed by atoms with Crippen molar-refractivity contribution in [3.63, 3.8) is 0 Å². The molecule has 0 saturated carbocycles. The highest BCUT2D eigenvalue weighted by Gasteiger charge is 2.30. The van der Waals surface area contributed by atoms with Crippen LogP contribution in [0.2, 0.25) is 0 Å². The molecular weight excluding hydrogens is 312 g/mol. The van der Waals surface area contributed by atoms with Crippen LogP contribution in [0, 0.1) is 0 Å². The molecule has 0 spiro atoms. The third-order valence-electron chi connectivity index (χ3n) is 4.23. The van der Waals surface area contributed by atoms with Crippen molar-refractivity contribution < 1.29 is 9.53 Å². The van der Waals surface area contributed by atoms with E-state index in [4.69, 9.17) is 4.74 Å². The Hall–Kier alpha value is -3.40. The van der Waals surface area contributed by atoms with Crippen LogP contribution in [0.25, 0.3) is 11.3 Å². The molecule has 1 aliphatic rings. The van der Waals surface area contributed by atoms with Gasteiger partial charge in [0, 0.05) is 17.3 Å². The molecule has 0 saturated heterocycles. The molecule has 1 N–H and O–H groups in total. The summed E-state index contributed by atoms with van der Waals surface area (Å²) in [6, 6.07) is 19.0. The average Bonchev–Trinajstić information content (AvgIpc) is 2.95. The number of ether oxygens (including phenoxy) is 1. The monoisotopic (exact) mass is 328 g/mol. The van der Waals surface area contributed by atoms with Crippen LogP contribution in [0.5, 0.6) is 5.75 Å². The van der Waals surface area contributed by atoms with Crippen LogP contribution in [0.1, 0.15) is 21.5 Å². The summed E-state index contributed by atoms with van der Waals surface area (Å²) in [5.41, 5.74) is 4.77. The molecule has 0 fully saturated rings. The van der Waals surface area contributed by atoms with Crippen LogP contribution in [0.3, 0.4) is 0 Å². The SMILES string of the molecule is COc1ccc(C2=C(Nc3cccnc3)c3ccccc3C2=O)cc1. The molecule has 4 heteroatoms. The summed E-state index contributed by atoms with van der Waals surface area (Å²) < 4.78 is 5.22. The van der Waals surface area contributed by atoms with E-state index in [1.54, 1.807) is 19.5 Å². The number of anilines is 1. The first-order chi connectivity index (χ1) is 12.3. The number of benzene rings is 2. The van der Waals surface area contributed by atoms with E-state index >= 15 is 0 Å². The average molecular weight is 328 g/mol. The number of carbonyl (C=O) groups excluding carboxylic acids is 1. The number of Topliss-reactive ketones (excluding diaryl/α,β-unsaturated/α-hetero) is 1. The van der Waals surface area contributed by atoms with E-state index in [-0.39, 0.29) is 5.78 Å². The molecule has 122 valence electrons. The Morgan fingerprint density at radius 2 is 1.68 bits per heavy atom. The van der Waals surface area contributed by atoms with Crippen molar-refractivity contribution in [2.45, 2.75) is 0 Å². The molecule has 0 unspecified atom stereocenters. The molecule has 25 heavy (non-hydrogen) atoms. The summed E-state index contributed by atoms with van der Waals surface area (Å²) in [7, 11) is 1.63. The fourth-order valence-electron chi connectivity index (χ4n) is 3.03. The predicted molar refractivity (Wildman–Crippen MR) is 98.4 cm³/mol. The molecule has 1 heterocycles. The number of methoxy groups -OCH3 is 1. The van der Waals surface area contributed by atoms with E-state index in [0.29, 0.717) is 11.1 Å². The number of nitrogens with zero attached hydrogens (tertiary/aromatic N) is 1. The van der Waals surface area contributed by atoms with Crippen molar-refractivity contribution >= 4 is 22.7 Å². The van der Waals surface area contributed by atoms with Crippen LogP contribution in [-0.4, -0.2) is 17.9 Å². The summed E-state index contributed by atoms with van der Waals surface area (Å²) >= 11 is 0. The van der Waals surface area contributed by atoms with Crippen molar-refractivity contribution in [2.75, 3.05) is 12.4 Å². The van der Waals surface area contributed by atoms with Gasteiger partial charge < -0.3 is 10.1 Å². The highest BCUT2D eigenvalue weighted by atomic mass is 16.5. The lowest BCUT2D eigenvalue weighted by Gasteiger charge is -2.11. The zero-order valence-electron chi connectivity index (χ0n) is 13.7. The molecule has 4 rings (SSSR count). The van der Waals surface area contributed by atoms with Crippen molar-refractivity contribution in [3.8, 4) is 5.75 Å². The number of fused-ring (bicyclic) bond motifs is 1. The molecule has 0 atom stereocenters. The van der Waals surface area contributed by atoms with Gasteiger partial charge >= 0.3 is 0 Å². The van der Waals surface area contributed by atoms with Crippen molar-refractivity contribution in [2.24, 2.45) is 0 Å². The van der Waals surface area contributed by atoms with Crippen LogP contribution >= 0.6 is 0 Å². The number of ketones is 1. The van der Waals surface area contributed by atoms with Crippen molar-refractivity contribution in [3.05, 3.63) is 89.7 Å². The first kappa shape index (κ1) is 15.1. The second-order valence-corrected chi connectivity index (χ2v) is 5.72. The van der Waals surface area contributed by atoms with Crippen LogP contribution in [-0.2, 0) is 0 Å². The molecule has 0 radical (unpaired) electrons. The molecule has 4 nitrogen and oxygen atoms in total. The molecule has 0 amide bonds. The van der Waals surface area contributed by atoms with Gasteiger partial charge in [0.15, 0.2) is 5.78 Å². The van der Waals surface area contributed by atoms with Gasteiger partial charge in [-0.3, -0.25) is 9.78 Å². The van der Waals surface area contributed by atoms with E-state index in [0.717, 1.165) is 28.3 Å². The van der Waals surface area contributed by atoms with Gasteiger partial charge in [0.2, 0.25) is 0 Å². The number of aromatic nitrogens is 1. The number of nitrogens with one attached hydrogen (secondary N) is 1. The zero-order chi connectivity index (χ0) is 17.2. The Morgan fingerprint density at radius 1 is 0.920 bits per heavy atom. The molecular formula is C21H16N2O2. The number of allylic oxidation sites excluding steroid dienone is 1. The van der Waals surface area contributed by atoms with Crippen LogP contribution in [0.15, 0.2) is 73.1 Å². The predicted octanol–water partition coefficient (Wildman–Crippen LogP) is 4.27.